The molecule has 0 aliphatic rings. The summed E-state index contributed by atoms with van der Waals surface area (Å²) in [5.41, 5.74) is 7.19. The Morgan fingerprint density at radius 3 is 2.71 bits per heavy atom. The van der Waals surface area contributed by atoms with Gasteiger partial charge in [0.25, 0.3) is 0 Å². The monoisotopic (exact) mass is 195 g/mol. The van der Waals surface area contributed by atoms with Gasteiger partial charge in [0.2, 0.25) is 0 Å². The molecule has 0 aliphatic heterocycles. The summed E-state index contributed by atoms with van der Waals surface area (Å²) in [5.74, 6) is 0.518. The zero-order chi connectivity index (χ0) is 10.8. The van der Waals surface area contributed by atoms with Crippen molar-refractivity contribution >= 4 is 0 Å². The van der Waals surface area contributed by atoms with Crippen LogP contribution < -0.4 is 5.73 Å². The van der Waals surface area contributed by atoms with Gasteiger partial charge in [-0.1, -0.05) is 20.3 Å². The molecule has 2 unspecified atom stereocenters. The average Bonchev–Trinajstić information content (AvgIpc) is 2.48. The topological polar surface area (TPSA) is 43.8 Å². The third-order valence-electron chi connectivity index (χ3n) is 3.07. The number of aryl methyl sites for hydroxylation is 1. The molecule has 2 atom stereocenters. The fourth-order valence-electron chi connectivity index (χ4n) is 1.59. The molecule has 1 aromatic heterocycles. The van der Waals surface area contributed by atoms with Gasteiger partial charge < -0.3 is 5.73 Å². The van der Waals surface area contributed by atoms with Crippen molar-refractivity contribution in [1.29, 1.82) is 0 Å². The number of nitrogens with two attached hydrogens (primary N) is 1. The molecule has 3 heteroatoms. The molecule has 80 valence electrons. The van der Waals surface area contributed by atoms with Gasteiger partial charge in [-0.3, -0.25) is 4.68 Å². The maximum Gasteiger partial charge on any atom is 0.0642 e. The average molecular weight is 195 g/mol. The van der Waals surface area contributed by atoms with Crippen LogP contribution in [0.15, 0.2) is 12.3 Å². The van der Waals surface area contributed by atoms with Crippen molar-refractivity contribution < 1.29 is 0 Å². The molecule has 0 fully saturated rings. The molecule has 0 spiro atoms. The minimum atomic E-state index is -0.150. The first-order valence-electron chi connectivity index (χ1n) is 5.23. The number of hydrogen-bond acceptors (Lipinski definition) is 2. The number of rotatable bonds is 4. The summed E-state index contributed by atoms with van der Waals surface area (Å²) in [7, 11) is 1.93. The normalized spacial score (nSPS) is 17.8. The highest BCUT2D eigenvalue weighted by Gasteiger charge is 2.26. The largest absolute Gasteiger partial charge is 0.325 e. The molecule has 1 heterocycles. The molecule has 0 aromatic carbocycles. The minimum absolute atomic E-state index is 0.150. The van der Waals surface area contributed by atoms with E-state index in [-0.39, 0.29) is 5.54 Å². The zero-order valence-electron chi connectivity index (χ0n) is 9.62. The van der Waals surface area contributed by atoms with E-state index < -0.39 is 0 Å². The summed E-state index contributed by atoms with van der Waals surface area (Å²) in [4.78, 5) is 0. The van der Waals surface area contributed by atoms with Crippen LogP contribution in [-0.4, -0.2) is 15.3 Å². The van der Waals surface area contributed by atoms with E-state index in [2.05, 4.69) is 25.9 Å². The van der Waals surface area contributed by atoms with Crippen molar-refractivity contribution in [3.63, 3.8) is 0 Å². The van der Waals surface area contributed by atoms with Crippen LogP contribution in [-0.2, 0) is 13.5 Å². The van der Waals surface area contributed by atoms with Gasteiger partial charge in [0.15, 0.2) is 0 Å². The van der Waals surface area contributed by atoms with Crippen molar-refractivity contribution in [2.24, 2.45) is 18.7 Å². The first kappa shape index (κ1) is 11.2. The summed E-state index contributed by atoms with van der Waals surface area (Å²) in [6, 6.07) is 2.04. The third kappa shape index (κ3) is 2.58. The molecule has 0 saturated carbocycles. The molecular weight excluding hydrogens is 174 g/mol. The summed E-state index contributed by atoms with van der Waals surface area (Å²) >= 11 is 0. The smallest absolute Gasteiger partial charge is 0.0642 e. The van der Waals surface area contributed by atoms with Gasteiger partial charge in [-0.15, -0.1) is 0 Å². The lowest BCUT2D eigenvalue weighted by atomic mass is 9.82. The van der Waals surface area contributed by atoms with E-state index in [1.807, 2.05) is 24.0 Å². The Kier molecular flexibility index (Phi) is 3.32. The fourth-order valence-corrected chi connectivity index (χ4v) is 1.59. The minimum Gasteiger partial charge on any atom is -0.325 e. The maximum atomic E-state index is 6.26. The first-order chi connectivity index (χ1) is 6.45. The van der Waals surface area contributed by atoms with Crippen molar-refractivity contribution in [2.45, 2.75) is 39.2 Å². The van der Waals surface area contributed by atoms with Gasteiger partial charge in [0.05, 0.1) is 5.69 Å². The molecule has 0 aliphatic carbocycles. The molecule has 0 saturated heterocycles. The van der Waals surface area contributed by atoms with E-state index in [4.69, 9.17) is 5.73 Å². The second-order valence-corrected chi connectivity index (χ2v) is 4.47. The van der Waals surface area contributed by atoms with Gasteiger partial charge in [-0.05, 0) is 18.9 Å². The van der Waals surface area contributed by atoms with E-state index >= 15 is 0 Å². The first-order valence-corrected chi connectivity index (χ1v) is 5.23. The quantitative estimate of drug-likeness (QED) is 0.795. The lowest BCUT2D eigenvalue weighted by molar-refractivity contribution is 0.303. The van der Waals surface area contributed by atoms with Gasteiger partial charge in [-0.2, -0.15) is 5.10 Å². The molecule has 1 aromatic rings. The van der Waals surface area contributed by atoms with Crippen molar-refractivity contribution in [2.75, 3.05) is 0 Å². The van der Waals surface area contributed by atoms with Crippen molar-refractivity contribution in [1.82, 2.24) is 9.78 Å². The maximum absolute atomic E-state index is 6.26. The Morgan fingerprint density at radius 1 is 1.64 bits per heavy atom. The van der Waals surface area contributed by atoms with E-state index in [1.54, 1.807) is 0 Å². The van der Waals surface area contributed by atoms with Crippen LogP contribution in [0.25, 0.3) is 0 Å². The van der Waals surface area contributed by atoms with Crippen molar-refractivity contribution in [3.05, 3.63) is 18.0 Å². The summed E-state index contributed by atoms with van der Waals surface area (Å²) in [5, 5.41) is 4.35. The molecule has 0 amide bonds. The van der Waals surface area contributed by atoms with E-state index in [9.17, 15) is 0 Å². The highest BCUT2D eigenvalue weighted by atomic mass is 15.2. The Bertz CT molecular complexity index is 288. The van der Waals surface area contributed by atoms with Gasteiger partial charge in [0, 0.05) is 25.2 Å². The lowest BCUT2D eigenvalue weighted by Crippen LogP contribution is -2.44. The Hall–Kier alpha value is -0.830. The van der Waals surface area contributed by atoms with Crippen LogP contribution >= 0.6 is 0 Å². The molecule has 14 heavy (non-hydrogen) atoms. The predicted octanol–water partition coefficient (Wildman–Crippen LogP) is 1.73. The van der Waals surface area contributed by atoms with Crippen LogP contribution in [0.2, 0.25) is 0 Å². The lowest BCUT2D eigenvalue weighted by Gasteiger charge is -2.30. The van der Waals surface area contributed by atoms with Crippen LogP contribution in [0.1, 0.15) is 32.9 Å². The second-order valence-electron chi connectivity index (χ2n) is 4.47. The summed E-state index contributed by atoms with van der Waals surface area (Å²) in [6.45, 7) is 6.48. The van der Waals surface area contributed by atoms with E-state index in [1.165, 1.54) is 0 Å². The molecule has 0 radical (unpaired) electrons. The highest BCUT2D eigenvalue weighted by molar-refractivity contribution is 5.05. The van der Waals surface area contributed by atoms with Crippen LogP contribution in [0, 0.1) is 5.92 Å². The standard InChI is InChI=1S/C11H21N3/c1-5-9(2)11(3,12)8-10-6-7-14(4)13-10/h6-7,9H,5,8,12H2,1-4H3. The number of aromatic nitrogens is 2. The Morgan fingerprint density at radius 2 is 2.29 bits per heavy atom. The van der Waals surface area contributed by atoms with Gasteiger partial charge >= 0.3 is 0 Å². The predicted molar refractivity (Wildman–Crippen MR) is 59.0 cm³/mol. The summed E-state index contributed by atoms with van der Waals surface area (Å²) < 4.78 is 1.82. The van der Waals surface area contributed by atoms with Crippen LogP contribution in [0.5, 0.6) is 0 Å². The highest BCUT2D eigenvalue weighted by Crippen LogP contribution is 2.21. The van der Waals surface area contributed by atoms with Crippen LogP contribution in [0.3, 0.4) is 0 Å². The molecule has 1 rings (SSSR count). The van der Waals surface area contributed by atoms with E-state index in [0.717, 1.165) is 18.5 Å². The van der Waals surface area contributed by atoms with Gasteiger partial charge in [0.1, 0.15) is 0 Å². The Balaban J connectivity index is 2.67. The summed E-state index contributed by atoms with van der Waals surface area (Å²) in [6.07, 6.45) is 3.92. The van der Waals surface area contributed by atoms with Gasteiger partial charge in [-0.25, -0.2) is 0 Å². The Labute approximate surface area is 86.3 Å². The van der Waals surface area contributed by atoms with Crippen molar-refractivity contribution in [3.8, 4) is 0 Å². The molecular formula is C11H21N3. The van der Waals surface area contributed by atoms with E-state index in [0.29, 0.717) is 5.92 Å². The third-order valence-corrected chi connectivity index (χ3v) is 3.07. The SMILES string of the molecule is CCC(C)C(C)(N)Cc1ccn(C)n1. The number of nitrogens with zero attached hydrogens (tertiary/aromatic N) is 2. The molecule has 2 N–H and O–H groups in total. The fraction of sp³-hybridized carbons (Fsp3) is 0.727. The van der Waals surface area contributed by atoms with Crippen LogP contribution in [0.4, 0.5) is 0 Å². The second kappa shape index (κ2) is 4.13. The zero-order valence-corrected chi connectivity index (χ0v) is 9.62. The molecule has 3 nitrogen and oxygen atoms in total. The number of hydrogen-bond donors (Lipinski definition) is 1. The molecule has 0 bridgehead atoms.